The Balaban J connectivity index is 2.30. The molecular weight excluding hydrogens is 344 g/mol. The second kappa shape index (κ2) is 6.09. The van der Waals surface area contributed by atoms with Crippen molar-refractivity contribution >= 4 is 26.0 Å². The highest BCUT2D eigenvalue weighted by Gasteiger charge is 2.23. The minimum absolute atomic E-state index is 0.223. The van der Waals surface area contributed by atoms with Crippen LogP contribution in [0.2, 0.25) is 0 Å². The van der Waals surface area contributed by atoms with Crippen molar-refractivity contribution in [3.8, 4) is 0 Å². The van der Waals surface area contributed by atoms with Crippen molar-refractivity contribution in [2.24, 2.45) is 5.73 Å². The number of hydrogen-bond donors (Lipinski definition) is 1. The quantitative estimate of drug-likeness (QED) is 0.889. The van der Waals surface area contributed by atoms with Gasteiger partial charge in [0.25, 0.3) is 0 Å². The molecular formula is C13H15BrN2O3S. The maximum atomic E-state index is 12.5. The van der Waals surface area contributed by atoms with Gasteiger partial charge in [0, 0.05) is 30.2 Å². The minimum Gasteiger partial charge on any atom is -0.472 e. The van der Waals surface area contributed by atoms with Gasteiger partial charge in [0.05, 0.1) is 17.4 Å². The Hall–Kier alpha value is -1.15. The molecule has 0 aliphatic heterocycles. The summed E-state index contributed by atoms with van der Waals surface area (Å²) in [5, 5.41) is 0. The molecule has 0 saturated carbocycles. The van der Waals surface area contributed by atoms with Crippen molar-refractivity contribution in [2.75, 3.05) is 7.05 Å². The molecule has 1 aromatic heterocycles. The predicted octanol–water partition coefficient (Wildman–Crippen LogP) is 2.32. The third kappa shape index (κ3) is 3.12. The van der Waals surface area contributed by atoms with Crippen molar-refractivity contribution in [3.05, 3.63) is 52.4 Å². The fourth-order valence-corrected chi connectivity index (χ4v) is 4.01. The maximum absolute atomic E-state index is 12.5. The number of rotatable bonds is 5. The Bertz CT molecular complexity index is 684. The Morgan fingerprint density at radius 2 is 2.05 bits per heavy atom. The number of nitrogens with two attached hydrogens (primary N) is 1. The molecule has 0 spiro atoms. The lowest BCUT2D eigenvalue weighted by molar-refractivity contribution is 0.463. The van der Waals surface area contributed by atoms with Gasteiger partial charge >= 0.3 is 0 Å². The summed E-state index contributed by atoms with van der Waals surface area (Å²) >= 11 is 3.29. The average molecular weight is 359 g/mol. The van der Waals surface area contributed by atoms with Crippen molar-refractivity contribution in [2.45, 2.75) is 18.0 Å². The molecule has 20 heavy (non-hydrogen) atoms. The van der Waals surface area contributed by atoms with E-state index in [1.807, 2.05) is 0 Å². The summed E-state index contributed by atoms with van der Waals surface area (Å²) in [6, 6.07) is 6.73. The van der Waals surface area contributed by atoms with E-state index in [9.17, 15) is 8.42 Å². The SMILES string of the molecule is CN(Cc1ccoc1)S(=O)(=O)c1ccc(CN)cc1Br. The van der Waals surface area contributed by atoms with Crippen LogP contribution in [0.15, 0.2) is 50.6 Å². The molecule has 2 N–H and O–H groups in total. The molecule has 7 heteroatoms. The Kier molecular flexibility index (Phi) is 4.64. The second-order valence-electron chi connectivity index (χ2n) is 4.36. The number of benzene rings is 1. The first-order valence-corrected chi connectivity index (χ1v) is 8.14. The van der Waals surface area contributed by atoms with Crippen LogP contribution in [0.25, 0.3) is 0 Å². The van der Waals surface area contributed by atoms with Gasteiger partial charge in [-0.05, 0) is 39.7 Å². The van der Waals surface area contributed by atoms with E-state index in [2.05, 4.69) is 15.9 Å². The molecule has 0 saturated heterocycles. The molecule has 0 bridgehead atoms. The number of nitrogens with zero attached hydrogens (tertiary/aromatic N) is 1. The molecule has 0 fully saturated rings. The zero-order valence-electron chi connectivity index (χ0n) is 10.9. The fourth-order valence-electron chi connectivity index (χ4n) is 1.77. The van der Waals surface area contributed by atoms with Crippen molar-refractivity contribution < 1.29 is 12.8 Å². The van der Waals surface area contributed by atoms with Gasteiger partial charge in [-0.3, -0.25) is 0 Å². The minimum atomic E-state index is -3.57. The predicted molar refractivity (Wildman–Crippen MR) is 79.4 cm³/mol. The van der Waals surface area contributed by atoms with E-state index in [1.165, 1.54) is 23.9 Å². The molecule has 2 aromatic rings. The van der Waals surface area contributed by atoms with Gasteiger partial charge in [-0.1, -0.05) is 6.07 Å². The highest BCUT2D eigenvalue weighted by molar-refractivity contribution is 9.10. The van der Waals surface area contributed by atoms with Crippen LogP contribution in [0.4, 0.5) is 0 Å². The van der Waals surface area contributed by atoms with Gasteiger partial charge in [-0.25, -0.2) is 8.42 Å². The zero-order valence-corrected chi connectivity index (χ0v) is 13.3. The molecule has 0 aliphatic rings. The Morgan fingerprint density at radius 3 is 2.60 bits per heavy atom. The lowest BCUT2D eigenvalue weighted by atomic mass is 10.2. The first kappa shape index (κ1) is 15.2. The van der Waals surface area contributed by atoms with E-state index in [0.29, 0.717) is 11.0 Å². The fraction of sp³-hybridized carbons (Fsp3) is 0.231. The van der Waals surface area contributed by atoms with Crippen LogP contribution in [-0.4, -0.2) is 19.8 Å². The van der Waals surface area contributed by atoms with Gasteiger partial charge < -0.3 is 10.2 Å². The number of halogens is 1. The Morgan fingerprint density at radius 1 is 1.30 bits per heavy atom. The summed E-state index contributed by atoms with van der Waals surface area (Å²) in [5.41, 5.74) is 7.20. The van der Waals surface area contributed by atoms with Crippen molar-refractivity contribution in [1.29, 1.82) is 0 Å². The van der Waals surface area contributed by atoms with E-state index in [-0.39, 0.29) is 11.4 Å². The van der Waals surface area contributed by atoms with Crippen molar-refractivity contribution in [3.63, 3.8) is 0 Å². The van der Waals surface area contributed by atoms with Gasteiger partial charge in [-0.15, -0.1) is 0 Å². The summed E-state index contributed by atoms with van der Waals surface area (Å²) in [5.74, 6) is 0. The zero-order chi connectivity index (χ0) is 14.8. The molecule has 0 aliphatic carbocycles. The van der Waals surface area contributed by atoms with E-state index in [4.69, 9.17) is 10.2 Å². The van der Waals surface area contributed by atoms with E-state index < -0.39 is 10.0 Å². The first-order chi connectivity index (χ1) is 9.45. The third-order valence-electron chi connectivity index (χ3n) is 2.91. The van der Waals surface area contributed by atoms with Crippen LogP contribution in [0.1, 0.15) is 11.1 Å². The van der Waals surface area contributed by atoms with Crippen molar-refractivity contribution in [1.82, 2.24) is 4.31 Å². The summed E-state index contributed by atoms with van der Waals surface area (Å²) in [6.45, 7) is 0.619. The lowest BCUT2D eigenvalue weighted by Gasteiger charge is -2.17. The molecule has 2 rings (SSSR count). The molecule has 1 heterocycles. The normalized spacial score (nSPS) is 12.0. The molecule has 1 aromatic carbocycles. The van der Waals surface area contributed by atoms with Crippen LogP contribution < -0.4 is 5.73 Å². The van der Waals surface area contributed by atoms with Gasteiger partial charge in [0.15, 0.2) is 0 Å². The standard InChI is InChI=1S/C13H15BrN2O3S/c1-16(8-11-4-5-19-9-11)20(17,18)13-3-2-10(7-15)6-12(13)14/h2-6,9H,7-8,15H2,1H3. The van der Waals surface area contributed by atoms with E-state index >= 15 is 0 Å². The van der Waals surface area contributed by atoms with Gasteiger partial charge in [-0.2, -0.15) is 4.31 Å². The van der Waals surface area contributed by atoms with Crippen LogP contribution in [0.5, 0.6) is 0 Å². The highest BCUT2D eigenvalue weighted by Crippen LogP contribution is 2.26. The highest BCUT2D eigenvalue weighted by atomic mass is 79.9. The number of sulfonamides is 1. The summed E-state index contributed by atoms with van der Waals surface area (Å²) in [6.07, 6.45) is 3.04. The molecule has 0 atom stereocenters. The topological polar surface area (TPSA) is 76.5 Å². The summed E-state index contributed by atoms with van der Waals surface area (Å²) < 4.78 is 31.8. The van der Waals surface area contributed by atoms with Gasteiger partial charge in [0.1, 0.15) is 0 Å². The molecule has 0 radical (unpaired) electrons. The van der Waals surface area contributed by atoms with E-state index in [1.54, 1.807) is 24.3 Å². The molecule has 0 amide bonds. The third-order valence-corrected chi connectivity index (χ3v) is 5.69. The van der Waals surface area contributed by atoms with Gasteiger partial charge in [0.2, 0.25) is 10.0 Å². The largest absolute Gasteiger partial charge is 0.472 e. The maximum Gasteiger partial charge on any atom is 0.244 e. The number of furan rings is 1. The average Bonchev–Trinajstić information content (AvgIpc) is 2.91. The Labute approximate surface area is 126 Å². The van der Waals surface area contributed by atoms with Crippen LogP contribution in [-0.2, 0) is 23.1 Å². The van der Waals surface area contributed by atoms with E-state index in [0.717, 1.165) is 11.1 Å². The monoisotopic (exact) mass is 358 g/mol. The lowest BCUT2D eigenvalue weighted by Crippen LogP contribution is -2.26. The second-order valence-corrected chi connectivity index (χ2v) is 7.23. The molecule has 108 valence electrons. The molecule has 0 unspecified atom stereocenters. The van der Waals surface area contributed by atoms with Crippen LogP contribution in [0, 0.1) is 0 Å². The summed E-state index contributed by atoms with van der Waals surface area (Å²) in [7, 11) is -2.03. The first-order valence-electron chi connectivity index (χ1n) is 5.91. The summed E-state index contributed by atoms with van der Waals surface area (Å²) in [4.78, 5) is 0.223. The number of hydrogen-bond acceptors (Lipinski definition) is 4. The smallest absolute Gasteiger partial charge is 0.244 e. The molecule has 5 nitrogen and oxygen atoms in total. The van der Waals surface area contributed by atoms with Crippen LogP contribution in [0.3, 0.4) is 0 Å². The van der Waals surface area contributed by atoms with Crippen LogP contribution >= 0.6 is 15.9 Å².